The molecule has 0 amide bonds. The van der Waals surface area contributed by atoms with Crippen molar-refractivity contribution in [1.82, 2.24) is 0 Å². The molecule has 3 fully saturated rings. The zero-order valence-corrected chi connectivity index (χ0v) is 22.3. The average molecular weight is 535 g/mol. The van der Waals surface area contributed by atoms with Gasteiger partial charge in [-0.05, 0) is 49.4 Å². The Balaban J connectivity index is 1.90. The van der Waals surface area contributed by atoms with Crippen molar-refractivity contribution in [2.45, 2.75) is 75.4 Å². The quantitative estimate of drug-likeness (QED) is 0.251. The van der Waals surface area contributed by atoms with E-state index < -0.39 is 56.4 Å². The number of hydrogen-bond acceptors (Lipinski definition) is 5. The van der Waals surface area contributed by atoms with Crippen LogP contribution in [0.3, 0.4) is 0 Å². The highest BCUT2D eigenvalue weighted by atomic mass is 35.5. The number of esters is 1. The summed E-state index contributed by atoms with van der Waals surface area (Å²) in [4.78, 5) is 23.4. The van der Waals surface area contributed by atoms with Crippen LogP contribution in [-0.4, -0.2) is 45.9 Å². The van der Waals surface area contributed by atoms with E-state index in [9.17, 15) is 14.0 Å². The van der Waals surface area contributed by atoms with Crippen molar-refractivity contribution in [2.75, 3.05) is 7.11 Å². The number of fused-ring (bicyclic) bond motifs is 5. The Morgan fingerprint density at radius 1 is 1.29 bits per heavy atom. The third-order valence-corrected chi connectivity index (χ3v) is 11.3. The van der Waals surface area contributed by atoms with Gasteiger partial charge < -0.3 is 9.47 Å². The zero-order chi connectivity index (χ0) is 25.4. The number of carbonyl (C=O) groups is 2. The molecule has 188 valence electrons. The summed E-state index contributed by atoms with van der Waals surface area (Å²) in [6.07, 6.45) is 1.85. The van der Waals surface area contributed by atoms with Crippen LogP contribution in [0.5, 0.6) is 0 Å². The largest absolute Gasteiger partial charge is 0.487 e. The average Bonchev–Trinajstić information content (AvgIpc) is 3.00. The summed E-state index contributed by atoms with van der Waals surface area (Å²) in [6, 6.07) is 0. The van der Waals surface area contributed by atoms with Gasteiger partial charge in [-0.2, -0.15) is 0 Å². The van der Waals surface area contributed by atoms with Crippen molar-refractivity contribution in [3.63, 3.8) is 0 Å². The topological polar surface area (TPSA) is 52.6 Å². The number of allylic oxidation sites excluding steroid dienone is 4. The first-order chi connectivity index (χ1) is 15.8. The molecule has 0 bridgehead atoms. The lowest BCUT2D eigenvalue weighted by Gasteiger charge is -2.64. The Kier molecular flexibility index (Phi) is 6.31. The van der Waals surface area contributed by atoms with Gasteiger partial charge in [0, 0.05) is 28.7 Å². The molecule has 9 heteroatoms. The molecule has 0 heterocycles. The van der Waals surface area contributed by atoms with E-state index in [0.717, 1.165) is 6.08 Å². The van der Waals surface area contributed by atoms with Crippen LogP contribution < -0.4 is 0 Å². The standard InChI is InChI=1S/C25H30Cl2F2O4S/c1-6-18(31)33-25(21(34)32-5)12(2)9-13-14-10-15(28)19-20(29)16(30)7-8-22(19,3)24(14,27)17(26)11-23(13,25)4/h7-8,12-15,17H,6,9-11H2,1-5H3/t12-,13+,14+,15+,17+,22+,23+,24+,25+/m1/s1. The number of thiocarbonyl (C=S) groups is 1. The summed E-state index contributed by atoms with van der Waals surface area (Å²) in [6.45, 7) is 7.27. The van der Waals surface area contributed by atoms with Gasteiger partial charge in [0.15, 0.2) is 11.4 Å². The summed E-state index contributed by atoms with van der Waals surface area (Å²) in [5.74, 6) is -3.32. The maximum atomic E-state index is 15.7. The van der Waals surface area contributed by atoms with Gasteiger partial charge in [-0.3, -0.25) is 9.59 Å². The Hall–Kier alpha value is -1.05. The molecule has 4 nitrogen and oxygen atoms in total. The first kappa shape index (κ1) is 26.0. The monoisotopic (exact) mass is 534 g/mol. The predicted molar refractivity (Wildman–Crippen MR) is 130 cm³/mol. The van der Waals surface area contributed by atoms with Crippen LogP contribution in [0.1, 0.15) is 53.4 Å². The molecular formula is C25H30Cl2F2O4S. The van der Waals surface area contributed by atoms with E-state index in [4.69, 9.17) is 44.9 Å². The van der Waals surface area contributed by atoms with Gasteiger partial charge in [-0.1, -0.05) is 33.8 Å². The van der Waals surface area contributed by atoms with Crippen LogP contribution in [0.4, 0.5) is 8.78 Å². The smallest absolute Gasteiger partial charge is 0.306 e. The molecule has 4 aliphatic carbocycles. The maximum absolute atomic E-state index is 15.7. The maximum Gasteiger partial charge on any atom is 0.306 e. The van der Waals surface area contributed by atoms with Gasteiger partial charge in [0.25, 0.3) is 0 Å². The number of carbonyl (C=O) groups excluding carboxylic acids is 2. The Labute approximate surface area is 214 Å². The molecule has 9 atom stereocenters. The molecule has 4 rings (SSSR count). The Bertz CT molecular complexity index is 1020. The highest BCUT2D eigenvalue weighted by molar-refractivity contribution is 7.80. The first-order valence-electron chi connectivity index (χ1n) is 11.7. The lowest BCUT2D eigenvalue weighted by Crippen LogP contribution is -2.69. The third kappa shape index (κ3) is 2.95. The Morgan fingerprint density at radius 2 is 1.94 bits per heavy atom. The van der Waals surface area contributed by atoms with E-state index in [-0.39, 0.29) is 41.7 Å². The first-order valence-corrected chi connectivity index (χ1v) is 12.9. The van der Waals surface area contributed by atoms with E-state index >= 15 is 4.39 Å². The van der Waals surface area contributed by atoms with Gasteiger partial charge in [0.1, 0.15) is 6.17 Å². The van der Waals surface area contributed by atoms with Gasteiger partial charge in [0.05, 0.1) is 17.4 Å². The van der Waals surface area contributed by atoms with Crippen molar-refractivity contribution in [1.29, 1.82) is 0 Å². The fourth-order valence-electron chi connectivity index (χ4n) is 7.65. The van der Waals surface area contributed by atoms with Crippen molar-refractivity contribution in [3.05, 3.63) is 23.6 Å². The predicted octanol–water partition coefficient (Wildman–Crippen LogP) is 6.03. The number of halogens is 4. The van der Waals surface area contributed by atoms with Crippen LogP contribution in [0.25, 0.3) is 0 Å². The Morgan fingerprint density at radius 3 is 2.53 bits per heavy atom. The van der Waals surface area contributed by atoms with E-state index in [1.54, 1.807) is 13.8 Å². The molecule has 34 heavy (non-hydrogen) atoms. The minimum Gasteiger partial charge on any atom is -0.487 e. The van der Waals surface area contributed by atoms with Crippen molar-refractivity contribution >= 4 is 52.2 Å². The van der Waals surface area contributed by atoms with Crippen molar-refractivity contribution in [2.24, 2.45) is 28.6 Å². The van der Waals surface area contributed by atoms with E-state index in [1.165, 1.54) is 13.2 Å². The van der Waals surface area contributed by atoms with Crippen molar-refractivity contribution < 1.29 is 27.8 Å². The number of ether oxygens (including phenoxy) is 2. The molecule has 0 aromatic rings. The molecule has 0 unspecified atom stereocenters. The number of alkyl halides is 3. The summed E-state index contributed by atoms with van der Waals surface area (Å²) in [5.41, 5.74) is -3.54. The van der Waals surface area contributed by atoms with Crippen LogP contribution in [-0.2, 0) is 19.1 Å². The number of rotatable bonds is 3. The molecule has 0 aromatic carbocycles. The number of methoxy groups -OCH3 is 1. The summed E-state index contributed by atoms with van der Waals surface area (Å²) in [7, 11) is 1.45. The second kappa shape index (κ2) is 8.24. The van der Waals surface area contributed by atoms with Crippen LogP contribution in [0.15, 0.2) is 23.6 Å². The van der Waals surface area contributed by atoms with Gasteiger partial charge in [-0.15, -0.1) is 23.2 Å². The number of ketones is 1. The van der Waals surface area contributed by atoms with Crippen LogP contribution in [0.2, 0.25) is 0 Å². The zero-order valence-electron chi connectivity index (χ0n) is 19.9. The molecule has 0 aromatic heterocycles. The number of hydrogen-bond donors (Lipinski definition) is 0. The highest BCUT2D eigenvalue weighted by Crippen LogP contribution is 2.73. The van der Waals surface area contributed by atoms with E-state index in [2.05, 4.69) is 0 Å². The molecule has 4 aliphatic rings. The fraction of sp³-hybridized carbons (Fsp3) is 0.720. The fourth-order valence-corrected chi connectivity index (χ4v) is 9.32. The summed E-state index contributed by atoms with van der Waals surface area (Å²) < 4.78 is 42.3. The molecule has 0 N–H and O–H groups in total. The summed E-state index contributed by atoms with van der Waals surface area (Å²) in [5, 5.41) is -0.602. The normalized spacial score (nSPS) is 47.6. The summed E-state index contributed by atoms with van der Waals surface area (Å²) >= 11 is 20.1. The second-order valence-corrected chi connectivity index (χ2v) is 12.1. The van der Waals surface area contributed by atoms with Gasteiger partial charge in [0.2, 0.25) is 10.8 Å². The van der Waals surface area contributed by atoms with Gasteiger partial charge >= 0.3 is 5.97 Å². The molecule has 0 aliphatic heterocycles. The minimum atomic E-state index is -1.69. The lowest BCUT2D eigenvalue weighted by atomic mass is 9.46. The molecule has 3 saturated carbocycles. The SMILES string of the molecule is CCC(=O)O[C@]1(C(=S)OC)[C@H](C)C[C@H]2[C@@H]3C[C@H](F)C4=C(F)C(=O)C=C[C@]4(C)[C@@]3(Cl)[C@@H](Cl)C[C@@]21C. The molecule has 0 radical (unpaired) electrons. The highest BCUT2D eigenvalue weighted by Gasteiger charge is 2.77. The van der Waals surface area contributed by atoms with Gasteiger partial charge in [-0.25, -0.2) is 8.78 Å². The van der Waals surface area contributed by atoms with Crippen LogP contribution in [0, 0.1) is 28.6 Å². The van der Waals surface area contributed by atoms with E-state index in [0.29, 0.717) is 6.42 Å². The second-order valence-electron chi connectivity index (χ2n) is 10.6. The molecule has 0 saturated heterocycles. The molecular weight excluding hydrogens is 505 g/mol. The van der Waals surface area contributed by atoms with Crippen molar-refractivity contribution in [3.8, 4) is 0 Å². The van der Waals surface area contributed by atoms with Crippen LogP contribution >= 0.6 is 35.4 Å². The lowest BCUT2D eigenvalue weighted by molar-refractivity contribution is -0.174. The van der Waals surface area contributed by atoms with E-state index in [1.807, 2.05) is 13.8 Å². The minimum absolute atomic E-state index is 0.0866. The molecule has 0 spiro atoms. The third-order valence-electron chi connectivity index (χ3n) is 9.26.